The third-order valence-corrected chi connectivity index (χ3v) is 9.43. The molecule has 0 N–H and O–H groups in total. The average molecular weight is 586 g/mol. The molecule has 2 unspecified atom stereocenters. The molecule has 0 spiro atoms. The average Bonchev–Trinajstić information content (AvgIpc) is 3.72. The van der Waals surface area contributed by atoms with Crippen molar-refractivity contribution in [2.75, 3.05) is 6.61 Å². The van der Waals surface area contributed by atoms with Crippen molar-refractivity contribution in [1.82, 2.24) is 4.90 Å². The molecule has 2 aromatic carbocycles. The Balaban J connectivity index is 1.27. The lowest BCUT2D eigenvalue weighted by Crippen LogP contribution is -2.55. The van der Waals surface area contributed by atoms with Crippen molar-refractivity contribution in [2.24, 2.45) is 17.8 Å². The van der Waals surface area contributed by atoms with Crippen molar-refractivity contribution < 1.29 is 32.2 Å². The molecule has 2 aromatic rings. The SMILES string of the molecule is CC(C)C1N(C(=O)C(C)(F)[C@H](c2cccc(OCC3CCC(c4cc(F)ccc4F)CC3)c2)C2CC2)C(=O)OC1(C)C. The Labute approximate surface area is 246 Å². The number of nitrogens with zero attached hydrogens (tertiary/aromatic N) is 1. The molecule has 2 aliphatic carbocycles. The summed E-state index contributed by atoms with van der Waals surface area (Å²) in [6.07, 6.45) is 4.00. The van der Waals surface area contributed by atoms with Crippen LogP contribution in [0.3, 0.4) is 0 Å². The van der Waals surface area contributed by atoms with E-state index < -0.39 is 41.0 Å². The first-order valence-electron chi connectivity index (χ1n) is 15.2. The molecule has 0 radical (unpaired) electrons. The Morgan fingerprint density at radius 1 is 1.07 bits per heavy atom. The lowest BCUT2D eigenvalue weighted by Gasteiger charge is -2.36. The van der Waals surface area contributed by atoms with Gasteiger partial charge in [0.1, 0.15) is 23.0 Å². The fraction of sp³-hybridized carbons (Fsp3) is 0.588. The third-order valence-electron chi connectivity index (χ3n) is 9.43. The number of amides is 2. The maximum Gasteiger partial charge on any atom is 0.417 e. The largest absolute Gasteiger partial charge is 0.493 e. The Kier molecular flexibility index (Phi) is 8.38. The van der Waals surface area contributed by atoms with Crippen molar-refractivity contribution in [2.45, 2.75) is 102 Å². The van der Waals surface area contributed by atoms with Crippen LogP contribution >= 0.6 is 0 Å². The number of carbonyl (C=O) groups excluding carboxylic acids is 2. The minimum atomic E-state index is -2.32. The predicted molar refractivity (Wildman–Crippen MR) is 154 cm³/mol. The van der Waals surface area contributed by atoms with E-state index in [-0.39, 0.29) is 29.5 Å². The molecule has 3 fully saturated rings. The number of alkyl halides is 1. The van der Waals surface area contributed by atoms with Crippen molar-refractivity contribution in [3.63, 3.8) is 0 Å². The minimum Gasteiger partial charge on any atom is -0.493 e. The normalized spacial score (nSPS) is 26.1. The molecule has 2 saturated carbocycles. The molecule has 0 bridgehead atoms. The van der Waals surface area contributed by atoms with E-state index in [1.807, 2.05) is 38.1 Å². The van der Waals surface area contributed by atoms with Gasteiger partial charge < -0.3 is 9.47 Å². The molecule has 5 rings (SSSR count). The molecule has 42 heavy (non-hydrogen) atoms. The van der Waals surface area contributed by atoms with Crippen LogP contribution in [0, 0.1) is 29.4 Å². The van der Waals surface area contributed by atoms with E-state index in [1.54, 1.807) is 13.8 Å². The van der Waals surface area contributed by atoms with Crippen LogP contribution in [0.5, 0.6) is 5.75 Å². The van der Waals surface area contributed by atoms with Gasteiger partial charge in [-0.05, 0) is 124 Å². The summed E-state index contributed by atoms with van der Waals surface area (Å²) in [5, 5.41) is 0. The molecular formula is C34H42F3NO4. The fourth-order valence-corrected chi connectivity index (χ4v) is 7.37. The van der Waals surface area contributed by atoms with Crippen molar-refractivity contribution in [1.29, 1.82) is 0 Å². The summed E-state index contributed by atoms with van der Waals surface area (Å²) in [6.45, 7) is 9.06. The summed E-state index contributed by atoms with van der Waals surface area (Å²) in [5.41, 5.74) is -2.12. The van der Waals surface area contributed by atoms with Crippen LogP contribution in [0.4, 0.5) is 18.0 Å². The first-order chi connectivity index (χ1) is 19.8. The number of benzene rings is 2. The van der Waals surface area contributed by atoms with Gasteiger partial charge in [-0.1, -0.05) is 26.0 Å². The molecular weight excluding hydrogens is 543 g/mol. The Morgan fingerprint density at radius 2 is 1.76 bits per heavy atom. The van der Waals surface area contributed by atoms with E-state index in [1.165, 1.54) is 19.1 Å². The Bertz CT molecular complexity index is 1310. The number of hydrogen-bond acceptors (Lipinski definition) is 4. The maximum atomic E-state index is 16.8. The zero-order valence-corrected chi connectivity index (χ0v) is 25.2. The highest BCUT2D eigenvalue weighted by molar-refractivity contribution is 5.99. The Hall–Kier alpha value is -3.03. The molecule has 1 heterocycles. The third kappa shape index (κ3) is 6.04. The van der Waals surface area contributed by atoms with E-state index in [9.17, 15) is 18.4 Å². The quantitative estimate of drug-likeness (QED) is 0.297. The molecule has 3 atom stereocenters. The van der Waals surface area contributed by atoms with E-state index in [0.29, 0.717) is 23.5 Å². The topological polar surface area (TPSA) is 55.8 Å². The summed E-state index contributed by atoms with van der Waals surface area (Å²) in [4.78, 5) is 27.6. The monoisotopic (exact) mass is 585 g/mol. The second-order valence-electron chi connectivity index (χ2n) is 13.5. The summed E-state index contributed by atoms with van der Waals surface area (Å²) < 4.78 is 56.4. The second kappa shape index (κ2) is 11.6. The molecule has 228 valence electrons. The van der Waals surface area contributed by atoms with Gasteiger partial charge in [0.2, 0.25) is 0 Å². The summed E-state index contributed by atoms with van der Waals surface area (Å²) in [6, 6.07) is 10.3. The first-order valence-corrected chi connectivity index (χ1v) is 15.2. The highest BCUT2D eigenvalue weighted by Crippen LogP contribution is 2.51. The molecule has 1 saturated heterocycles. The lowest BCUT2D eigenvalue weighted by atomic mass is 9.78. The number of cyclic esters (lactones) is 1. The molecule has 5 nitrogen and oxygen atoms in total. The molecule has 8 heteroatoms. The number of hydrogen-bond donors (Lipinski definition) is 0. The standard InChI is InChI=1S/C34H42F3NO4/c1-20(2)30-33(3,4)42-32(40)38(30)31(39)34(5,37)29(23-13-14-23)24-7-6-8-26(17-24)41-19-21-9-11-22(12-10-21)27-18-25(35)15-16-28(27)36/h6-8,15-18,20-23,29-30H,9-14,19H2,1-5H3/t21?,22?,29-,30?,34?/m0/s1. The van der Waals surface area contributed by atoms with E-state index in [0.717, 1.165) is 49.5 Å². The van der Waals surface area contributed by atoms with Crippen LogP contribution in [-0.2, 0) is 9.53 Å². The molecule has 3 aliphatic rings. The predicted octanol–water partition coefficient (Wildman–Crippen LogP) is 8.32. The van der Waals surface area contributed by atoms with Crippen LogP contribution in [0.15, 0.2) is 42.5 Å². The summed E-state index contributed by atoms with van der Waals surface area (Å²) in [5.74, 6) is -1.62. The van der Waals surface area contributed by atoms with E-state index in [4.69, 9.17) is 9.47 Å². The van der Waals surface area contributed by atoms with Crippen molar-refractivity contribution >= 4 is 12.0 Å². The van der Waals surface area contributed by atoms with Gasteiger partial charge in [0, 0.05) is 5.92 Å². The smallest absolute Gasteiger partial charge is 0.417 e. The zero-order chi connectivity index (χ0) is 30.4. The first kappa shape index (κ1) is 30.4. The van der Waals surface area contributed by atoms with Gasteiger partial charge >= 0.3 is 6.09 Å². The van der Waals surface area contributed by atoms with Gasteiger partial charge in [-0.3, -0.25) is 4.79 Å². The number of rotatable bonds is 9. The van der Waals surface area contributed by atoms with E-state index in [2.05, 4.69) is 0 Å². The van der Waals surface area contributed by atoms with Crippen LogP contribution in [0.2, 0.25) is 0 Å². The van der Waals surface area contributed by atoms with Crippen LogP contribution in [-0.4, -0.2) is 40.8 Å². The fourth-order valence-electron chi connectivity index (χ4n) is 7.37. The number of ether oxygens (including phenoxy) is 2. The lowest BCUT2D eigenvalue weighted by molar-refractivity contribution is -0.144. The van der Waals surface area contributed by atoms with Crippen LogP contribution < -0.4 is 4.74 Å². The maximum absolute atomic E-state index is 16.8. The highest BCUT2D eigenvalue weighted by Gasteiger charge is 2.59. The van der Waals surface area contributed by atoms with Gasteiger partial charge in [-0.25, -0.2) is 22.9 Å². The molecule has 1 aliphatic heterocycles. The van der Waals surface area contributed by atoms with Crippen LogP contribution in [0.25, 0.3) is 0 Å². The second-order valence-corrected chi connectivity index (χ2v) is 13.5. The Morgan fingerprint density at radius 3 is 2.40 bits per heavy atom. The van der Waals surface area contributed by atoms with Gasteiger partial charge in [-0.15, -0.1) is 0 Å². The summed E-state index contributed by atoms with van der Waals surface area (Å²) >= 11 is 0. The van der Waals surface area contributed by atoms with Gasteiger partial charge in [-0.2, -0.15) is 0 Å². The number of halogens is 3. The van der Waals surface area contributed by atoms with E-state index >= 15 is 4.39 Å². The van der Waals surface area contributed by atoms with Crippen molar-refractivity contribution in [3.8, 4) is 5.75 Å². The minimum absolute atomic E-state index is 0.00639. The zero-order valence-electron chi connectivity index (χ0n) is 25.2. The summed E-state index contributed by atoms with van der Waals surface area (Å²) in [7, 11) is 0. The van der Waals surface area contributed by atoms with Gasteiger partial charge in [0.15, 0.2) is 5.67 Å². The number of imide groups is 1. The molecule has 0 aromatic heterocycles. The van der Waals surface area contributed by atoms with Gasteiger partial charge in [0.25, 0.3) is 5.91 Å². The van der Waals surface area contributed by atoms with Crippen molar-refractivity contribution in [3.05, 3.63) is 65.2 Å². The molecule has 2 amide bonds. The van der Waals surface area contributed by atoms with Gasteiger partial charge in [0.05, 0.1) is 12.6 Å². The highest BCUT2D eigenvalue weighted by atomic mass is 19.1. The number of carbonyl (C=O) groups is 2. The van der Waals surface area contributed by atoms with Crippen LogP contribution in [0.1, 0.15) is 96.1 Å².